The summed E-state index contributed by atoms with van der Waals surface area (Å²) in [5.41, 5.74) is 5.88. The van der Waals surface area contributed by atoms with Crippen LogP contribution in [0.4, 0.5) is 5.69 Å². The molecule has 0 bridgehead atoms. The fourth-order valence-corrected chi connectivity index (χ4v) is 6.89. The van der Waals surface area contributed by atoms with Crippen LogP contribution in [-0.4, -0.2) is 16.1 Å². The lowest BCUT2D eigenvalue weighted by molar-refractivity contribution is 0.117. The Morgan fingerprint density at radius 2 is 1.59 bits per heavy atom. The molecule has 2 fully saturated rings. The number of aryl methyl sites for hydroxylation is 2. The van der Waals surface area contributed by atoms with Crippen LogP contribution in [0.2, 0.25) is 0 Å². The van der Waals surface area contributed by atoms with Crippen LogP contribution in [0.5, 0.6) is 0 Å². The maximum Gasteiger partial charge on any atom is 0.227 e. The third kappa shape index (κ3) is 2.52. The Morgan fingerprint density at radius 1 is 0.897 bits per heavy atom. The van der Waals surface area contributed by atoms with Crippen LogP contribution in [-0.2, 0) is 0 Å². The fraction of sp³-hybridized carbons (Fsp3) is 0.577. The smallest absolute Gasteiger partial charge is 0.227 e. The second-order valence-electron chi connectivity index (χ2n) is 10.7. The first-order valence-corrected chi connectivity index (χ1v) is 11.3. The van der Waals surface area contributed by atoms with Gasteiger partial charge in [-0.15, -0.1) is 0 Å². The molecule has 0 atom stereocenters. The van der Waals surface area contributed by atoms with Crippen molar-refractivity contribution in [2.24, 2.45) is 5.41 Å². The van der Waals surface area contributed by atoms with Gasteiger partial charge in [-0.3, -0.25) is 0 Å². The predicted octanol–water partition coefficient (Wildman–Crippen LogP) is 7.32. The van der Waals surface area contributed by atoms with Crippen LogP contribution < -0.4 is 4.90 Å². The summed E-state index contributed by atoms with van der Waals surface area (Å²) < 4.78 is 6.47. The molecule has 1 saturated heterocycles. The van der Waals surface area contributed by atoms with Crippen molar-refractivity contribution >= 4 is 27.8 Å². The minimum absolute atomic E-state index is 0.0816. The molecule has 1 aliphatic carbocycles. The van der Waals surface area contributed by atoms with E-state index in [1.54, 1.807) is 0 Å². The van der Waals surface area contributed by atoms with Gasteiger partial charge in [0.25, 0.3) is 0 Å². The van der Waals surface area contributed by atoms with E-state index in [9.17, 15) is 0 Å². The first-order chi connectivity index (χ1) is 13.7. The van der Waals surface area contributed by atoms with Crippen LogP contribution >= 0.6 is 0 Å². The molecular weight excluding hydrogens is 356 g/mol. The average molecular weight is 391 g/mol. The lowest BCUT2D eigenvalue weighted by atomic mass is 9.62. The number of pyridine rings is 1. The number of furan rings is 1. The predicted molar refractivity (Wildman–Crippen MR) is 122 cm³/mol. The Balaban J connectivity index is 1.78. The lowest BCUT2D eigenvalue weighted by Crippen LogP contribution is -2.53. The Hall–Kier alpha value is -2.03. The SMILES string of the molecule is Cc1ccc2c(n1)oc1c(N3C(C)(C)CC4(CCCCC4)C3(C)C)c(C)ccc12. The largest absolute Gasteiger partial charge is 0.436 e. The van der Waals surface area contributed by atoms with E-state index in [1.807, 2.05) is 6.92 Å². The molecule has 3 heteroatoms. The van der Waals surface area contributed by atoms with Gasteiger partial charge in [-0.05, 0) is 83.9 Å². The van der Waals surface area contributed by atoms with Gasteiger partial charge in [-0.1, -0.05) is 31.4 Å². The molecule has 5 rings (SSSR count). The summed E-state index contributed by atoms with van der Waals surface area (Å²) in [6, 6.07) is 8.72. The molecule has 154 valence electrons. The number of benzene rings is 1. The summed E-state index contributed by atoms with van der Waals surface area (Å²) in [4.78, 5) is 7.40. The molecule has 0 unspecified atom stereocenters. The van der Waals surface area contributed by atoms with Gasteiger partial charge in [0.05, 0.1) is 5.69 Å². The van der Waals surface area contributed by atoms with Crippen LogP contribution in [0, 0.1) is 19.3 Å². The summed E-state index contributed by atoms with van der Waals surface area (Å²) >= 11 is 0. The van der Waals surface area contributed by atoms with Gasteiger partial charge < -0.3 is 9.32 Å². The van der Waals surface area contributed by atoms with Crippen molar-refractivity contribution in [3.63, 3.8) is 0 Å². The quantitative estimate of drug-likeness (QED) is 0.436. The van der Waals surface area contributed by atoms with Crippen LogP contribution in [0.25, 0.3) is 22.1 Å². The molecule has 0 N–H and O–H groups in total. The van der Waals surface area contributed by atoms with Crippen LogP contribution in [0.1, 0.15) is 77.5 Å². The normalized spacial score (nSPS) is 22.8. The zero-order chi connectivity index (χ0) is 20.6. The number of anilines is 1. The molecule has 2 aliphatic rings. The van der Waals surface area contributed by atoms with Crippen molar-refractivity contribution in [1.29, 1.82) is 0 Å². The van der Waals surface area contributed by atoms with Crippen molar-refractivity contribution < 1.29 is 4.42 Å². The van der Waals surface area contributed by atoms with Gasteiger partial charge >= 0.3 is 0 Å². The summed E-state index contributed by atoms with van der Waals surface area (Å²) in [6.45, 7) is 14.1. The molecule has 0 amide bonds. The van der Waals surface area contributed by atoms with Crippen molar-refractivity contribution in [2.45, 2.75) is 91.1 Å². The van der Waals surface area contributed by atoms with Crippen molar-refractivity contribution in [3.05, 3.63) is 35.5 Å². The number of rotatable bonds is 1. The molecule has 1 aliphatic heterocycles. The van der Waals surface area contributed by atoms with Crippen molar-refractivity contribution in [2.75, 3.05) is 4.90 Å². The summed E-state index contributed by atoms with van der Waals surface area (Å²) in [6.07, 6.45) is 8.06. The van der Waals surface area contributed by atoms with E-state index in [0.29, 0.717) is 5.41 Å². The third-order valence-corrected chi connectivity index (χ3v) is 8.09. The van der Waals surface area contributed by atoms with Crippen LogP contribution in [0.3, 0.4) is 0 Å². The number of hydrogen-bond donors (Lipinski definition) is 0. The maximum absolute atomic E-state index is 6.47. The fourth-order valence-electron chi connectivity index (χ4n) is 6.89. The van der Waals surface area contributed by atoms with E-state index >= 15 is 0 Å². The van der Waals surface area contributed by atoms with E-state index in [4.69, 9.17) is 4.42 Å². The van der Waals surface area contributed by atoms with Gasteiger partial charge in [-0.25, -0.2) is 4.98 Å². The molecule has 2 aromatic heterocycles. The highest BCUT2D eigenvalue weighted by atomic mass is 16.3. The highest BCUT2D eigenvalue weighted by molar-refractivity contribution is 6.08. The minimum Gasteiger partial charge on any atom is -0.436 e. The Labute approximate surface area is 174 Å². The van der Waals surface area contributed by atoms with E-state index in [1.165, 1.54) is 55.2 Å². The highest BCUT2D eigenvalue weighted by Gasteiger charge is 2.60. The summed E-state index contributed by atoms with van der Waals surface area (Å²) in [7, 11) is 0. The monoisotopic (exact) mass is 390 g/mol. The van der Waals surface area contributed by atoms with Gasteiger partial charge in [0, 0.05) is 27.5 Å². The second-order valence-corrected chi connectivity index (χ2v) is 10.7. The summed E-state index contributed by atoms with van der Waals surface area (Å²) in [5, 5.41) is 2.30. The zero-order valence-corrected chi connectivity index (χ0v) is 18.9. The molecule has 3 heterocycles. The van der Waals surface area contributed by atoms with Crippen LogP contribution in [0.15, 0.2) is 28.7 Å². The Kier molecular flexibility index (Phi) is 3.92. The van der Waals surface area contributed by atoms with E-state index in [2.05, 4.69) is 68.8 Å². The lowest BCUT2D eigenvalue weighted by Gasteiger charge is -2.49. The molecule has 29 heavy (non-hydrogen) atoms. The maximum atomic E-state index is 6.47. The summed E-state index contributed by atoms with van der Waals surface area (Å²) in [5.74, 6) is 0. The molecular formula is C26H34N2O. The molecule has 1 aromatic carbocycles. The van der Waals surface area contributed by atoms with Gasteiger partial charge in [0.15, 0.2) is 5.58 Å². The topological polar surface area (TPSA) is 29.3 Å². The Morgan fingerprint density at radius 3 is 2.31 bits per heavy atom. The average Bonchev–Trinajstić information content (AvgIpc) is 3.07. The highest BCUT2D eigenvalue weighted by Crippen LogP contribution is 2.62. The van der Waals surface area contributed by atoms with Crippen molar-refractivity contribution in [1.82, 2.24) is 4.98 Å². The second kappa shape index (κ2) is 6.00. The zero-order valence-electron chi connectivity index (χ0n) is 18.9. The minimum atomic E-state index is 0.0816. The van der Waals surface area contributed by atoms with Gasteiger partial charge in [-0.2, -0.15) is 0 Å². The van der Waals surface area contributed by atoms with Gasteiger partial charge in [0.1, 0.15) is 0 Å². The van der Waals surface area contributed by atoms with E-state index in [0.717, 1.165) is 22.4 Å². The number of aromatic nitrogens is 1. The molecule has 1 spiro atoms. The number of fused-ring (bicyclic) bond motifs is 3. The van der Waals surface area contributed by atoms with Gasteiger partial charge in [0.2, 0.25) is 5.71 Å². The molecule has 1 saturated carbocycles. The number of hydrogen-bond acceptors (Lipinski definition) is 3. The van der Waals surface area contributed by atoms with E-state index in [-0.39, 0.29) is 11.1 Å². The molecule has 3 aromatic rings. The third-order valence-electron chi connectivity index (χ3n) is 8.09. The van der Waals surface area contributed by atoms with Crippen molar-refractivity contribution in [3.8, 4) is 0 Å². The van der Waals surface area contributed by atoms with E-state index < -0.39 is 0 Å². The first kappa shape index (κ1) is 19.0. The number of nitrogens with zero attached hydrogens (tertiary/aromatic N) is 2. The first-order valence-electron chi connectivity index (χ1n) is 11.3. The standard InChI is InChI=1S/C26H34N2O/c1-17-10-12-19-20-13-11-18(2)27-23(20)29-22(19)21(17)28-24(3,4)16-26(25(28,5)6)14-8-7-9-15-26/h10-13H,7-9,14-16H2,1-6H3. The molecule has 0 radical (unpaired) electrons. The molecule has 3 nitrogen and oxygen atoms in total. The Bertz CT molecular complexity index is 1100.